The van der Waals surface area contributed by atoms with Gasteiger partial charge >= 0.3 is 0 Å². The van der Waals surface area contributed by atoms with Crippen molar-refractivity contribution in [3.05, 3.63) is 29.6 Å². The Kier molecular flexibility index (Phi) is 3.49. The summed E-state index contributed by atoms with van der Waals surface area (Å²) in [7, 11) is 0. The fraction of sp³-hybridized carbons (Fsp3) is 0. The molecule has 1 nitrogen and oxygen atoms in total. The second-order valence-electron chi connectivity index (χ2n) is 1.72. The van der Waals surface area contributed by atoms with Crippen LogP contribution >= 0.6 is 0 Å². The van der Waals surface area contributed by atoms with Crippen molar-refractivity contribution in [1.29, 1.82) is 0 Å². The molecule has 0 aromatic heterocycles. The topological polar surface area (TPSA) is 20.2 Å². The number of hydrogen-bond donors (Lipinski definition) is 1. The minimum Gasteiger partial charge on any atom is -0.503 e. The molecule has 0 saturated carbocycles. The first-order valence-corrected chi connectivity index (χ1v) is 2.45. The molecule has 0 fully saturated rings. The smallest absolute Gasteiger partial charge is 0.187 e. The summed E-state index contributed by atoms with van der Waals surface area (Å²) in [6.45, 7) is 0. The predicted molar refractivity (Wildman–Crippen MR) is 28.0 cm³/mol. The summed E-state index contributed by atoms with van der Waals surface area (Å²) in [5.74, 6) is -4.79. The van der Waals surface area contributed by atoms with Gasteiger partial charge in [-0.15, -0.1) is 0 Å². The van der Waals surface area contributed by atoms with Crippen molar-refractivity contribution < 1.29 is 36.8 Å². The Morgan fingerprint density at radius 2 is 1.36 bits per heavy atom. The van der Waals surface area contributed by atoms with Crippen molar-refractivity contribution in [2.75, 3.05) is 0 Å². The summed E-state index contributed by atoms with van der Waals surface area (Å²) in [6.07, 6.45) is 0. The molecule has 0 heterocycles. The summed E-state index contributed by atoms with van der Waals surface area (Å²) in [4.78, 5) is 0. The summed E-state index contributed by atoms with van der Waals surface area (Å²) < 4.78 is 36.2. The van der Waals surface area contributed by atoms with Crippen molar-refractivity contribution >= 4 is 0 Å². The molecule has 59 valence electrons. The molecule has 0 spiro atoms. The molecule has 0 unspecified atom stereocenters. The summed E-state index contributed by atoms with van der Waals surface area (Å²) in [6, 6.07) is 0.802. The van der Waals surface area contributed by atoms with Gasteiger partial charge in [-0.3, -0.25) is 0 Å². The molecule has 1 aromatic rings. The normalized spacial score (nSPS) is 9.00. The summed E-state index contributed by atoms with van der Waals surface area (Å²) in [5, 5.41) is 8.41. The molecule has 1 N–H and O–H groups in total. The number of phenols is 1. The molecular formula is C6H3F3OV. The average Bonchev–Trinajstić information content (AvgIpc) is 1.82. The van der Waals surface area contributed by atoms with Gasteiger partial charge in [0.1, 0.15) is 5.82 Å². The zero-order chi connectivity index (χ0) is 7.72. The number of benzene rings is 1. The largest absolute Gasteiger partial charge is 0.503 e. The van der Waals surface area contributed by atoms with Crippen molar-refractivity contribution in [1.82, 2.24) is 0 Å². The molecule has 0 atom stereocenters. The van der Waals surface area contributed by atoms with Crippen molar-refractivity contribution in [3.8, 4) is 5.75 Å². The van der Waals surface area contributed by atoms with Crippen molar-refractivity contribution in [2.45, 2.75) is 0 Å². The van der Waals surface area contributed by atoms with E-state index >= 15 is 0 Å². The first-order chi connectivity index (χ1) is 4.61. The molecule has 5 heteroatoms. The quantitative estimate of drug-likeness (QED) is 0.675. The fourth-order valence-corrected chi connectivity index (χ4v) is 0.535. The second kappa shape index (κ2) is 3.69. The maximum Gasteiger partial charge on any atom is 0.187 e. The van der Waals surface area contributed by atoms with Gasteiger partial charge in [0.25, 0.3) is 0 Å². The average molecular weight is 199 g/mol. The van der Waals surface area contributed by atoms with Gasteiger partial charge in [-0.1, -0.05) is 0 Å². The standard InChI is InChI=1S/C6H3F3O.V/c7-3-1-4(8)6(10)5(9)2-3;/h1-2,10H;. The van der Waals surface area contributed by atoms with Crippen LogP contribution in [0.1, 0.15) is 0 Å². The maximum absolute atomic E-state index is 12.1. The molecule has 1 rings (SSSR count). The van der Waals surface area contributed by atoms with Gasteiger partial charge in [-0.05, 0) is 0 Å². The van der Waals surface area contributed by atoms with Crippen LogP contribution in [-0.2, 0) is 18.6 Å². The summed E-state index contributed by atoms with van der Waals surface area (Å²) >= 11 is 0. The molecular weight excluding hydrogens is 196 g/mol. The van der Waals surface area contributed by atoms with Crippen LogP contribution in [0, 0.1) is 17.5 Å². The van der Waals surface area contributed by atoms with Crippen LogP contribution in [0.15, 0.2) is 12.1 Å². The number of rotatable bonds is 0. The minimum atomic E-state index is -1.29. The zero-order valence-electron chi connectivity index (χ0n) is 5.18. The number of hydrogen-bond acceptors (Lipinski definition) is 1. The molecule has 11 heavy (non-hydrogen) atoms. The van der Waals surface area contributed by atoms with Crippen LogP contribution in [0.2, 0.25) is 0 Å². The third-order valence-corrected chi connectivity index (χ3v) is 0.982. The van der Waals surface area contributed by atoms with E-state index in [0.29, 0.717) is 12.1 Å². The van der Waals surface area contributed by atoms with Gasteiger partial charge in [0, 0.05) is 30.7 Å². The molecule has 0 saturated heterocycles. The Hall–Kier alpha value is -0.606. The van der Waals surface area contributed by atoms with Gasteiger partial charge in [-0.2, -0.15) is 0 Å². The predicted octanol–water partition coefficient (Wildman–Crippen LogP) is 1.81. The maximum atomic E-state index is 12.1. The molecule has 1 radical (unpaired) electrons. The monoisotopic (exact) mass is 199 g/mol. The number of phenolic OH excluding ortho intramolecular Hbond substituents is 1. The Balaban J connectivity index is 0.000001000. The van der Waals surface area contributed by atoms with E-state index in [1.54, 1.807) is 0 Å². The van der Waals surface area contributed by atoms with E-state index < -0.39 is 23.2 Å². The van der Waals surface area contributed by atoms with Gasteiger partial charge in [-0.25, -0.2) is 13.2 Å². The first-order valence-electron chi connectivity index (χ1n) is 2.45. The van der Waals surface area contributed by atoms with Crippen LogP contribution in [0.4, 0.5) is 13.2 Å². The van der Waals surface area contributed by atoms with Crippen LogP contribution in [0.25, 0.3) is 0 Å². The van der Waals surface area contributed by atoms with E-state index in [-0.39, 0.29) is 18.6 Å². The second-order valence-corrected chi connectivity index (χ2v) is 1.72. The van der Waals surface area contributed by atoms with Crippen LogP contribution in [0.3, 0.4) is 0 Å². The molecule has 0 aliphatic heterocycles. The first kappa shape index (κ1) is 10.4. The number of aromatic hydroxyl groups is 1. The molecule has 1 aromatic carbocycles. The molecule has 0 aliphatic carbocycles. The molecule has 0 bridgehead atoms. The molecule has 0 amide bonds. The van der Waals surface area contributed by atoms with E-state index in [0.717, 1.165) is 0 Å². The Morgan fingerprint density at radius 3 is 1.73 bits per heavy atom. The summed E-state index contributed by atoms with van der Waals surface area (Å²) in [5.41, 5.74) is 0. The fourth-order valence-electron chi connectivity index (χ4n) is 0.535. The number of halogens is 3. The van der Waals surface area contributed by atoms with Gasteiger partial charge in [0.15, 0.2) is 17.4 Å². The van der Waals surface area contributed by atoms with Crippen LogP contribution < -0.4 is 0 Å². The van der Waals surface area contributed by atoms with Gasteiger partial charge in [0.05, 0.1) is 0 Å². The van der Waals surface area contributed by atoms with E-state index in [4.69, 9.17) is 5.11 Å². The van der Waals surface area contributed by atoms with Crippen LogP contribution in [-0.4, -0.2) is 5.11 Å². The van der Waals surface area contributed by atoms with E-state index in [1.165, 1.54) is 0 Å². The van der Waals surface area contributed by atoms with E-state index in [2.05, 4.69) is 0 Å². The van der Waals surface area contributed by atoms with Crippen molar-refractivity contribution in [3.63, 3.8) is 0 Å². The Labute approximate surface area is 72.7 Å². The Bertz CT molecular complexity index is 241. The minimum absolute atomic E-state index is 0. The van der Waals surface area contributed by atoms with Gasteiger partial charge in [0.2, 0.25) is 0 Å². The van der Waals surface area contributed by atoms with E-state index in [9.17, 15) is 13.2 Å². The Morgan fingerprint density at radius 1 is 1.00 bits per heavy atom. The van der Waals surface area contributed by atoms with E-state index in [1.807, 2.05) is 0 Å². The third kappa shape index (κ3) is 2.17. The van der Waals surface area contributed by atoms with Crippen molar-refractivity contribution in [2.24, 2.45) is 0 Å². The van der Waals surface area contributed by atoms with Gasteiger partial charge < -0.3 is 5.11 Å². The SMILES string of the molecule is Oc1c(F)cc(F)cc1F.[V]. The molecule has 0 aliphatic rings. The third-order valence-electron chi connectivity index (χ3n) is 0.982. The van der Waals surface area contributed by atoms with Crippen LogP contribution in [0.5, 0.6) is 5.75 Å². The zero-order valence-corrected chi connectivity index (χ0v) is 6.58.